The number of nitrogens with one attached hydrogen (secondary N) is 1. The molecule has 1 aromatic rings. The maximum absolute atomic E-state index is 5.57. The topological polar surface area (TPSA) is 39.7 Å². The fourth-order valence-electron chi connectivity index (χ4n) is 2.81. The third-order valence-electron chi connectivity index (χ3n) is 3.87. The van der Waals surface area contributed by atoms with Crippen molar-refractivity contribution in [2.24, 2.45) is 0 Å². The molecule has 1 aliphatic heterocycles. The molecule has 1 aromatic carbocycles. The van der Waals surface area contributed by atoms with Gasteiger partial charge in [-0.15, -0.1) is 0 Å². The van der Waals surface area contributed by atoms with Crippen LogP contribution in [0.15, 0.2) is 12.1 Å². The van der Waals surface area contributed by atoms with Crippen LogP contribution in [-0.2, 0) is 10.2 Å². The molecule has 4 heteroatoms. The van der Waals surface area contributed by atoms with Gasteiger partial charge in [0.1, 0.15) is 11.5 Å². The molecule has 0 aliphatic carbocycles. The Hall–Kier alpha value is -1.26. The molecular weight excluding hydrogens is 242 g/mol. The summed E-state index contributed by atoms with van der Waals surface area (Å²) in [5.41, 5.74) is 2.54. The van der Waals surface area contributed by atoms with E-state index < -0.39 is 0 Å². The van der Waals surface area contributed by atoms with E-state index >= 15 is 0 Å². The average molecular weight is 265 g/mol. The lowest BCUT2D eigenvalue weighted by atomic mass is 9.73. The van der Waals surface area contributed by atoms with Gasteiger partial charge in [-0.3, -0.25) is 0 Å². The number of benzene rings is 1. The second kappa shape index (κ2) is 5.80. The normalized spacial score (nSPS) is 16.8. The molecule has 1 fully saturated rings. The predicted octanol–water partition coefficient (Wildman–Crippen LogP) is 1.89. The highest BCUT2D eigenvalue weighted by Crippen LogP contribution is 2.43. The van der Waals surface area contributed by atoms with E-state index in [0.717, 1.165) is 37.7 Å². The molecule has 0 bridgehead atoms. The Labute approximate surface area is 115 Å². The third-order valence-corrected chi connectivity index (χ3v) is 3.87. The van der Waals surface area contributed by atoms with Crippen molar-refractivity contribution in [2.75, 3.05) is 41.0 Å². The van der Waals surface area contributed by atoms with Crippen LogP contribution >= 0.6 is 0 Å². The highest BCUT2D eigenvalue weighted by Gasteiger charge is 2.43. The fraction of sp³-hybridized carbons (Fsp3) is 0.600. The lowest BCUT2D eigenvalue weighted by Crippen LogP contribution is -2.49. The average Bonchev–Trinajstić information content (AvgIpc) is 2.38. The van der Waals surface area contributed by atoms with Crippen LogP contribution in [0.1, 0.15) is 17.5 Å². The van der Waals surface area contributed by atoms with Gasteiger partial charge in [-0.25, -0.2) is 0 Å². The van der Waals surface area contributed by atoms with E-state index in [0.29, 0.717) is 0 Å². The summed E-state index contributed by atoms with van der Waals surface area (Å²) >= 11 is 0. The zero-order chi connectivity index (χ0) is 13.9. The first-order chi connectivity index (χ1) is 9.16. The van der Waals surface area contributed by atoms with E-state index in [9.17, 15) is 0 Å². The number of aryl methyl sites for hydroxylation is 1. The van der Waals surface area contributed by atoms with E-state index in [1.807, 2.05) is 13.1 Å². The summed E-state index contributed by atoms with van der Waals surface area (Å²) in [6, 6.07) is 4.03. The van der Waals surface area contributed by atoms with Gasteiger partial charge in [-0.1, -0.05) is 0 Å². The largest absolute Gasteiger partial charge is 0.497 e. The van der Waals surface area contributed by atoms with Crippen LogP contribution in [0.3, 0.4) is 0 Å². The highest BCUT2D eigenvalue weighted by molar-refractivity contribution is 5.51. The van der Waals surface area contributed by atoms with Crippen molar-refractivity contribution in [3.05, 3.63) is 23.3 Å². The van der Waals surface area contributed by atoms with Gasteiger partial charge in [-0.2, -0.15) is 0 Å². The van der Waals surface area contributed by atoms with Gasteiger partial charge < -0.3 is 19.5 Å². The van der Waals surface area contributed by atoms with E-state index in [4.69, 9.17) is 14.2 Å². The minimum atomic E-state index is 0.0741. The van der Waals surface area contributed by atoms with Gasteiger partial charge in [0.2, 0.25) is 0 Å². The molecule has 0 amide bonds. The van der Waals surface area contributed by atoms with E-state index in [1.54, 1.807) is 14.2 Å². The maximum atomic E-state index is 5.57. The second-order valence-corrected chi connectivity index (χ2v) is 5.15. The van der Waals surface area contributed by atoms with Crippen LogP contribution in [-0.4, -0.2) is 41.0 Å². The van der Waals surface area contributed by atoms with Crippen LogP contribution < -0.4 is 14.8 Å². The van der Waals surface area contributed by atoms with Crippen LogP contribution in [0.4, 0.5) is 0 Å². The van der Waals surface area contributed by atoms with Gasteiger partial charge in [-0.05, 0) is 38.6 Å². The minimum absolute atomic E-state index is 0.0741. The van der Waals surface area contributed by atoms with Crippen molar-refractivity contribution < 1.29 is 14.2 Å². The molecule has 19 heavy (non-hydrogen) atoms. The number of rotatable bonds is 6. The van der Waals surface area contributed by atoms with Crippen LogP contribution in [0.5, 0.6) is 11.5 Å². The summed E-state index contributed by atoms with van der Waals surface area (Å²) < 4.78 is 16.4. The Kier molecular flexibility index (Phi) is 4.32. The third kappa shape index (κ3) is 2.55. The first-order valence-corrected chi connectivity index (χ1v) is 6.62. The Bertz CT molecular complexity index is 441. The smallest absolute Gasteiger partial charge is 0.126 e. The molecule has 0 unspecified atom stereocenters. The van der Waals surface area contributed by atoms with Crippen molar-refractivity contribution in [1.82, 2.24) is 5.32 Å². The maximum Gasteiger partial charge on any atom is 0.126 e. The molecule has 0 atom stereocenters. The predicted molar refractivity (Wildman–Crippen MR) is 75.3 cm³/mol. The highest BCUT2D eigenvalue weighted by atomic mass is 16.5. The number of hydrogen-bond donors (Lipinski definition) is 1. The van der Waals surface area contributed by atoms with Crippen molar-refractivity contribution in [3.63, 3.8) is 0 Å². The quantitative estimate of drug-likeness (QED) is 0.852. The van der Waals surface area contributed by atoms with Crippen LogP contribution in [0, 0.1) is 6.92 Å². The molecule has 0 spiro atoms. The molecule has 0 saturated carbocycles. The Balaban J connectivity index is 2.41. The van der Waals surface area contributed by atoms with Gasteiger partial charge in [0.15, 0.2) is 0 Å². The summed E-state index contributed by atoms with van der Waals surface area (Å²) in [4.78, 5) is 0. The van der Waals surface area contributed by atoms with Gasteiger partial charge in [0.05, 0.1) is 27.4 Å². The molecule has 1 saturated heterocycles. The molecule has 2 rings (SSSR count). The van der Waals surface area contributed by atoms with Gasteiger partial charge in [0, 0.05) is 17.0 Å². The summed E-state index contributed by atoms with van der Waals surface area (Å²) in [6.07, 6.45) is 1.05. The molecule has 1 N–H and O–H groups in total. The Morgan fingerprint density at radius 3 is 2.47 bits per heavy atom. The minimum Gasteiger partial charge on any atom is -0.497 e. The number of methoxy groups -OCH3 is 2. The molecule has 0 aromatic heterocycles. The zero-order valence-electron chi connectivity index (χ0n) is 12.2. The molecular formula is C15H23NO3. The second-order valence-electron chi connectivity index (χ2n) is 5.15. The van der Waals surface area contributed by atoms with E-state index in [2.05, 4.69) is 18.3 Å². The lowest BCUT2D eigenvalue weighted by Gasteiger charge is -2.43. The molecule has 1 heterocycles. The summed E-state index contributed by atoms with van der Waals surface area (Å²) in [6.45, 7) is 4.61. The number of ether oxygens (including phenoxy) is 3. The summed E-state index contributed by atoms with van der Waals surface area (Å²) in [7, 11) is 5.37. The Morgan fingerprint density at radius 2 is 2.00 bits per heavy atom. The van der Waals surface area contributed by atoms with Crippen molar-refractivity contribution in [2.45, 2.75) is 18.8 Å². The Morgan fingerprint density at radius 1 is 1.26 bits per heavy atom. The van der Waals surface area contributed by atoms with Crippen LogP contribution in [0.2, 0.25) is 0 Å². The first kappa shape index (κ1) is 14.2. The van der Waals surface area contributed by atoms with E-state index in [-0.39, 0.29) is 5.41 Å². The molecule has 4 nitrogen and oxygen atoms in total. The lowest BCUT2D eigenvalue weighted by molar-refractivity contribution is -0.0650. The van der Waals surface area contributed by atoms with Crippen molar-refractivity contribution >= 4 is 0 Å². The summed E-state index contributed by atoms with van der Waals surface area (Å²) in [5, 5.41) is 3.22. The standard InChI is InChI=1S/C15H23NO3/c1-11-7-12(17-3)8-13(18-4)14(11)15(5-6-16-2)9-19-10-15/h7-8,16H,5-6,9-10H2,1-4H3. The fourth-order valence-corrected chi connectivity index (χ4v) is 2.81. The van der Waals surface area contributed by atoms with E-state index in [1.165, 1.54) is 11.1 Å². The SMILES string of the molecule is CNCCC1(c2c(C)cc(OC)cc2OC)COC1. The number of hydrogen-bond acceptors (Lipinski definition) is 4. The monoisotopic (exact) mass is 265 g/mol. The van der Waals surface area contributed by atoms with Gasteiger partial charge in [0.25, 0.3) is 0 Å². The molecule has 106 valence electrons. The van der Waals surface area contributed by atoms with Gasteiger partial charge >= 0.3 is 0 Å². The molecule has 0 radical (unpaired) electrons. The first-order valence-electron chi connectivity index (χ1n) is 6.62. The van der Waals surface area contributed by atoms with Crippen LogP contribution in [0.25, 0.3) is 0 Å². The zero-order valence-corrected chi connectivity index (χ0v) is 12.2. The summed E-state index contributed by atoms with van der Waals surface area (Å²) in [5.74, 6) is 1.73. The van der Waals surface area contributed by atoms with Crippen molar-refractivity contribution in [1.29, 1.82) is 0 Å². The molecule has 1 aliphatic rings. The van der Waals surface area contributed by atoms with Crippen molar-refractivity contribution in [3.8, 4) is 11.5 Å².